The highest BCUT2D eigenvalue weighted by Crippen LogP contribution is 2.54. The van der Waals surface area contributed by atoms with Crippen LogP contribution in [0.25, 0.3) is 11.0 Å². The molecule has 40 heavy (non-hydrogen) atoms. The molecule has 10 heteroatoms. The van der Waals surface area contributed by atoms with Crippen LogP contribution in [0.5, 0.6) is 0 Å². The van der Waals surface area contributed by atoms with Crippen LogP contribution in [-0.4, -0.2) is 22.0 Å². The minimum Gasteiger partial charge on any atom is -0.450 e. The number of fused-ring (bicyclic) bond motifs is 5. The third-order valence-corrected chi connectivity index (χ3v) is 8.79. The Bertz CT molecular complexity index is 1930. The van der Waals surface area contributed by atoms with Crippen molar-refractivity contribution in [1.29, 1.82) is 0 Å². The lowest BCUT2D eigenvalue weighted by Gasteiger charge is -2.32. The molecule has 0 N–H and O–H groups in total. The highest BCUT2D eigenvalue weighted by atomic mass is 35.5. The van der Waals surface area contributed by atoms with Crippen LogP contribution >= 0.6 is 22.9 Å². The standard InChI is InChI=1S/C30H21ClN4O4S/c1-3-23-32-33-29(40-23)35-27(37)26-24(25(36)19-14-18(31)12-13-22(19)39-26)30(35)20-6-4-5-7-21(20)34(28(30)38)15-17-10-8-16(2)9-11-17/h4-14H,3,15H2,1-2H3. The normalized spacial score (nSPS) is 17.8. The lowest BCUT2D eigenvalue weighted by molar-refractivity contribution is -0.121. The molecule has 4 heterocycles. The number of halogens is 1. The smallest absolute Gasteiger partial charge is 0.297 e. The van der Waals surface area contributed by atoms with Crippen LogP contribution in [-0.2, 0) is 23.3 Å². The third kappa shape index (κ3) is 3.28. The van der Waals surface area contributed by atoms with Crippen LogP contribution in [0.2, 0.25) is 5.02 Å². The maximum atomic E-state index is 14.9. The number of anilines is 2. The van der Waals surface area contributed by atoms with E-state index in [-0.39, 0.29) is 34.0 Å². The van der Waals surface area contributed by atoms with Crippen molar-refractivity contribution in [3.05, 3.63) is 115 Å². The van der Waals surface area contributed by atoms with E-state index in [0.717, 1.165) is 11.1 Å². The predicted octanol–water partition coefficient (Wildman–Crippen LogP) is 5.62. The Morgan fingerprint density at radius 2 is 1.77 bits per heavy atom. The lowest BCUT2D eigenvalue weighted by Crippen LogP contribution is -2.53. The van der Waals surface area contributed by atoms with Crippen LogP contribution < -0.4 is 15.2 Å². The van der Waals surface area contributed by atoms with Gasteiger partial charge in [-0.25, -0.2) is 0 Å². The van der Waals surface area contributed by atoms with E-state index < -0.39 is 22.8 Å². The number of aromatic nitrogens is 2. The van der Waals surface area contributed by atoms with E-state index in [1.165, 1.54) is 22.3 Å². The summed E-state index contributed by atoms with van der Waals surface area (Å²) >= 11 is 7.46. The van der Waals surface area contributed by atoms with E-state index in [4.69, 9.17) is 16.0 Å². The Morgan fingerprint density at radius 3 is 2.52 bits per heavy atom. The summed E-state index contributed by atoms with van der Waals surface area (Å²) < 4.78 is 6.09. The van der Waals surface area contributed by atoms with E-state index in [2.05, 4.69) is 10.2 Å². The van der Waals surface area contributed by atoms with Crippen LogP contribution in [0, 0.1) is 6.92 Å². The molecule has 8 nitrogen and oxygen atoms in total. The fourth-order valence-corrected chi connectivity index (χ4v) is 6.65. The van der Waals surface area contributed by atoms with E-state index in [1.54, 1.807) is 29.2 Å². The zero-order chi connectivity index (χ0) is 27.8. The summed E-state index contributed by atoms with van der Waals surface area (Å²) in [6.07, 6.45) is 0.600. The number of carbonyl (C=O) groups is 2. The monoisotopic (exact) mass is 568 g/mol. The number of nitrogens with zero attached hydrogens (tertiary/aromatic N) is 4. The predicted molar refractivity (Wildman–Crippen MR) is 153 cm³/mol. The first kappa shape index (κ1) is 24.7. The van der Waals surface area contributed by atoms with Crippen molar-refractivity contribution in [1.82, 2.24) is 10.2 Å². The van der Waals surface area contributed by atoms with Crippen LogP contribution in [0.15, 0.2) is 75.9 Å². The molecule has 0 bridgehead atoms. The van der Waals surface area contributed by atoms with Gasteiger partial charge in [-0.1, -0.05) is 77.9 Å². The van der Waals surface area contributed by atoms with Gasteiger partial charge in [0.05, 0.1) is 23.2 Å². The minimum absolute atomic E-state index is 0.0376. The molecule has 0 radical (unpaired) electrons. The summed E-state index contributed by atoms with van der Waals surface area (Å²) in [7, 11) is 0. The van der Waals surface area contributed by atoms with Gasteiger partial charge in [-0.3, -0.25) is 19.3 Å². The van der Waals surface area contributed by atoms with Crippen molar-refractivity contribution in [2.45, 2.75) is 32.4 Å². The molecule has 0 fully saturated rings. The summed E-state index contributed by atoms with van der Waals surface area (Å²) in [5.74, 6) is -1.25. The summed E-state index contributed by atoms with van der Waals surface area (Å²) in [5.41, 5.74) is 0.963. The molecule has 0 saturated heterocycles. The quantitative estimate of drug-likeness (QED) is 0.279. The molecule has 0 aliphatic carbocycles. The molecule has 0 saturated carbocycles. The number of hydrogen-bond acceptors (Lipinski definition) is 7. The van der Waals surface area contributed by atoms with Gasteiger partial charge < -0.3 is 9.32 Å². The first-order valence-electron chi connectivity index (χ1n) is 12.8. The number of amides is 2. The molecule has 1 unspecified atom stereocenters. The molecular formula is C30H21ClN4O4S. The van der Waals surface area contributed by atoms with Gasteiger partial charge in [0.15, 0.2) is 11.0 Å². The largest absolute Gasteiger partial charge is 0.450 e. The molecule has 3 aromatic carbocycles. The molecule has 5 aromatic rings. The van der Waals surface area contributed by atoms with Crippen LogP contribution in [0.4, 0.5) is 10.8 Å². The van der Waals surface area contributed by atoms with Crippen LogP contribution in [0.1, 0.15) is 44.7 Å². The van der Waals surface area contributed by atoms with E-state index in [0.29, 0.717) is 27.7 Å². The zero-order valence-electron chi connectivity index (χ0n) is 21.5. The minimum atomic E-state index is -1.82. The van der Waals surface area contributed by atoms with Crippen molar-refractivity contribution >= 4 is 56.5 Å². The van der Waals surface area contributed by atoms with Gasteiger partial charge in [0.1, 0.15) is 10.6 Å². The second-order valence-corrected chi connectivity index (χ2v) is 11.3. The van der Waals surface area contributed by atoms with Crippen molar-refractivity contribution in [2.75, 3.05) is 9.80 Å². The van der Waals surface area contributed by atoms with Crippen molar-refractivity contribution < 1.29 is 14.0 Å². The van der Waals surface area contributed by atoms with Gasteiger partial charge in [0, 0.05) is 10.6 Å². The molecule has 198 valence electrons. The Morgan fingerprint density at radius 1 is 1.00 bits per heavy atom. The highest BCUT2D eigenvalue weighted by molar-refractivity contribution is 7.15. The zero-order valence-corrected chi connectivity index (χ0v) is 23.0. The number of aryl methyl sites for hydroxylation is 2. The van der Waals surface area contributed by atoms with Gasteiger partial charge in [-0.2, -0.15) is 0 Å². The van der Waals surface area contributed by atoms with E-state index in [1.807, 2.05) is 50.2 Å². The molecule has 1 spiro atoms. The SMILES string of the molecule is CCc1nnc(N2C(=O)c3oc4ccc(Cl)cc4c(=O)c3C23C(=O)N(Cc2ccc(C)cc2)c2ccccc23)s1. The number of rotatable bonds is 4. The maximum Gasteiger partial charge on any atom is 0.297 e. The average Bonchev–Trinajstić information content (AvgIpc) is 3.60. The van der Waals surface area contributed by atoms with Gasteiger partial charge in [-0.05, 0) is 43.2 Å². The second-order valence-electron chi connectivity index (χ2n) is 9.85. The van der Waals surface area contributed by atoms with E-state index in [9.17, 15) is 14.4 Å². The number of carbonyl (C=O) groups excluding carboxylic acids is 2. The van der Waals surface area contributed by atoms with Crippen LogP contribution in [0.3, 0.4) is 0 Å². The summed E-state index contributed by atoms with van der Waals surface area (Å²) in [6.45, 7) is 4.17. The molecule has 2 aliphatic heterocycles. The van der Waals surface area contributed by atoms with Gasteiger partial charge >= 0.3 is 0 Å². The average molecular weight is 569 g/mol. The molecule has 7 rings (SSSR count). The molecule has 1 atom stereocenters. The summed E-state index contributed by atoms with van der Waals surface area (Å²) in [5, 5.41) is 9.96. The number of benzene rings is 3. The molecule has 2 aliphatic rings. The Labute approximate surface area is 237 Å². The first-order valence-corrected chi connectivity index (χ1v) is 13.9. The van der Waals surface area contributed by atoms with Gasteiger partial charge in [0.25, 0.3) is 11.8 Å². The fourth-order valence-electron chi connectivity index (χ4n) is 5.65. The highest BCUT2D eigenvalue weighted by Gasteiger charge is 2.66. The molecular weight excluding hydrogens is 548 g/mol. The Hall–Kier alpha value is -4.34. The Kier molecular flexibility index (Phi) is 5.45. The maximum absolute atomic E-state index is 14.9. The van der Waals surface area contributed by atoms with E-state index >= 15 is 0 Å². The van der Waals surface area contributed by atoms with Crippen molar-refractivity contribution in [3.8, 4) is 0 Å². The summed E-state index contributed by atoms with van der Waals surface area (Å²) in [6, 6.07) is 19.8. The molecule has 2 amide bonds. The molecule has 2 aromatic heterocycles. The topological polar surface area (TPSA) is 96.6 Å². The Balaban J connectivity index is 1.55. The number of hydrogen-bond donors (Lipinski definition) is 0. The number of para-hydroxylation sites is 1. The third-order valence-electron chi connectivity index (χ3n) is 7.50. The fraction of sp³-hybridized carbons (Fsp3) is 0.167. The van der Waals surface area contributed by atoms with Crippen molar-refractivity contribution in [2.24, 2.45) is 0 Å². The summed E-state index contributed by atoms with van der Waals surface area (Å²) in [4.78, 5) is 46.3. The lowest BCUT2D eigenvalue weighted by atomic mass is 9.84. The second kappa shape index (κ2) is 8.84. The van der Waals surface area contributed by atoms with Gasteiger partial charge in [0.2, 0.25) is 10.9 Å². The van der Waals surface area contributed by atoms with Gasteiger partial charge in [-0.15, -0.1) is 10.2 Å². The van der Waals surface area contributed by atoms with Crippen molar-refractivity contribution in [3.63, 3.8) is 0 Å². The first-order chi connectivity index (χ1) is 19.3.